The van der Waals surface area contributed by atoms with Crippen LogP contribution >= 0.6 is 0 Å². The van der Waals surface area contributed by atoms with E-state index in [1.807, 2.05) is 18.2 Å². The molecule has 0 spiro atoms. The van der Waals surface area contributed by atoms with Crippen molar-refractivity contribution in [3.05, 3.63) is 54.2 Å². The minimum absolute atomic E-state index is 0.155. The quantitative estimate of drug-likeness (QED) is 0.828. The Bertz CT molecular complexity index is 644. The number of benzene rings is 1. The van der Waals surface area contributed by atoms with Crippen molar-refractivity contribution in [2.45, 2.75) is 6.92 Å². The SMILES string of the molecule is CCOC(=O)c1cccnc1NC(=O)COc1ccccc1. The highest BCUT2D eigenvalue weighted by atomic mass is 16.5. The van der Waals surface area contributed by atoms with Crippen LogP contribution in [0.15, 0.2) is 48.7 Å². The first-order valence-electron chi connectivity index (χ1n) is 6.80. The molecule has 0 unspecified atom stereocenters. The summed E-state index contributed by atoms with van der Waals surface area (Å²) < 4.78 is 10.2. The fourth-order valence-electron chi connectivity index (χ4n) is 1.71. The van der Waals surface area contributed by atoms with E-state index in [-0.39, 0.29) is 24.6 Å². The molecule has 1 aromatic carbocycles. The topological polar surface area (TPSA) is 77.5 Å². The first-order valence-corrected chi connectivity index (χ1v) is 6.80. The highest BCUT2D eigenvalue weighted by Crippen LogP contribution is 2.13. The number of amides is 1. The van der Waals surface area contributed by atoms with E-state index < -0.39 is 11.9 Å². The Morgan fingerprint density at radius 3 is 2.64 bits per heavy atom. The lowest BCUT2D eigenvalue weighted by Gasteiger charge is -2.10. The highest BCUT2D eigenvalue weighted by molar-refractivity contribution is 6.00. The summed E-state index contributed by atoms with van der Waals surface area (Å²) in [5, 5.41) is 2.54. The van der Waals surface area contributed by atoms with Crippen molar-refractivity contribution in [1.29, 1.82) is 0 Å². The number of para-hydroxylation sites is 1. The fraction of sp³-hybridized carbons (Fsp3) is 0.188. The molecule has 0 aliphatic carbocycles. The molecule has 0 fully saturated rings. The normalized spacial score (nSPS) is 9.86. The van der Waals surface area contributed by atoms with Crippen LogP contribution in [0.3, 0.4) is 0 Å². The number of nitrogens with one attached hydrogen (secondary N) is 1. The van der Waals surface area contributed by atoms with Crippen molar-refractivity contribution in [2.24, 2.45) is 0 Å². The molecule has 0 atom stereocenters. The standard InChI is InChI=1S/C16H16N2O4/c1-2-21-16(20)13-9-6-10-17-15(13)18-14(19)11-22-12-7-4-3-5-8-12/h3-10H,2,11H2,1H3,(H,17,18,19). The monoisotopic (exact) mass is 300 g/mol. The van der Waals surface area contributed by atoms with Gasteiger partial charge in [-0.15, -0.1) is 0 Å². The molecule has 1 amide bonds. The third-order valence-electron chi connectivity index (χ3n) is 2.67. The molecular formula is C16H16N2O4. The summed E-state index contributed by atoms with van der Waals surface area (Å²) in [5.41, 5.74) is 0.206. The van der Waals surface area contributed by atoms with Gasteiger partial charge in [-0.25, -0.2) is 9.78 Å². The van der Waals surface area contributed by atoms with Gasteiger partial charge in [0.05, 0.1) is 6.61 Å². The summed E-state index contributed by atoms with van der Waals surface area (Å²) in [6.45, 7) is 1.78. The Morgan fingerprint density at radius 1 is 1.14 bits per heavy atom. The van der Waals surface area contributed by atoms with Crippen LogP contribution in [0.1, 0.15) is 17.3 Å². The van der Waals surface area contributed by atoms with Crippen LogP contribution in [-0.4, -0.2) is 30.1 Å². The number of esters is 1. The minimum atomic E-state index is -0.533. The van der Waals surface area contributed by atoms with Crippen LogP contribution in [0, 0.1) is 0 Å². The van der Waals surface area contributed by atoms with Crippen molar-refractivity contribution in [1.82, 2.24) is 4.98 Å². The number of hydrogen-bond acceptors (Lipinski definition) is 5. The molecule has 0 aliphatic rings. The number of aromatic nitrogens is 1. The van der Waals surface area contributed by atoms with Gasteiger partial charge in [-0.05, 0) is 31.2 Å². The lowest BCUT2D eigenvalue weighted by Crippen LogP contribution is -2.22. The zero-order valence-corrected chi connectivity index (χ0v) is 12.1. The van der Waals surface area contributed by atoms with E-state index in [2.05, 4.69) is 10.3 Å². The van der Waals surface area contributed by atoms with Crippen LogP contribution in [0.25, 0.3) is 0 Å². The van der Waals surface area contributed by atoms with Crippen LogP contribution < -0.4 is 10.1 Å². The van der Waals surface area contributed by atoms with Gasteiger partial charge in [0.2, 0.25) is 0 Å². The van der Waals surface area contributed by atoms with Gasteiger partial charge in [0.25, 0.3) is 5.91 Å². The second kappa shape index (κ2) is 7.78. The molecule has 2 rings (SSSR count). The van der Waals surface area contributed by atoms with E-state index in [1.54, 1.807) is 31.2 Å². The molecular weight excluding hydrogens is 284 g/mol. The number of nitrogens with zero attached hydrogens (tertiary/aromatic N) is 1. The second-order valence-electron chi connectivity index (χ2n) is 4.27. The minimum Gasteiger partial charge on any atom is -0.484 e. The van der Waals surface area contributed by atoms with E-state index in [0.29, 0.717) is 5.75 Å². The third kappa shape index (κ3) is 4.31. The summed E-state index contributed by atoms with van der Waals surface area (Å²) in [5.74, 6) is -0.199. The fourth-order valence-corrected chi connectivity index (χ4v) is 1.71. The number of rotatable bonds is 6. The van der Waals surface area contributed by atoms with Crippen molar-refractivity contribution in [3.8, 4) is 5.75 Å². The Morgan fingerprint density at radius 2 is 1.91 bits per heavy atom. The molecule has 0 bridgehead atoms. The van der Waals surface area contributed by atoms with Gasteiger partial charge in [-0.2, -0.15) is 0 Å². The van der Waals surface area contributed by atoms with Crippen molar-refractivity contribution in [2.75, 3.05) is 18.5 Å². The van der Waals surface area contributed by atoms with Gasteiger partial charge >= 0.3 is 5.97 Å². The molecule has 1 aromatic heterocycles. The number of carbonyl (C=O) groups is 2. The number of pyridine rings is 1. The third-order valence-corrected chi connectivity index (χ3v) is 2.67. The van der Waals surface area contributed by atoms with Crippen molar-refractivity contribution in [3.63, 3.8) is 0 Å². The predicted octanol–water partition coefficient (Wildman–Crippen LogP) is 2.28. The molecule has 0 aliphatic heterocycles. The van der Waals surface area contributed by atoms with E-state index in [4.69, 9.17) is 9.47 Å². The van der Waals surface area contributed by atoms with E-state index in [1.165, 1.54) is 6.20 Å². The number of anilines is 1. The molecule has 0 saturated heterocycles. The van der Waals surface area contributed by atoms with Crippen molar-refractivity contribution >= 4 is 17.7 Å². The lowest BCUT2D eigenvalue weighted by atomic mass is 10.2. The predicted molar refractivity (Wildman–Crippen MR) is 80.8 cm³/mol. The van der Waals surface area contributed by atoms with Gasteiger partial charge in [0.1, 0.15) is 17.1 Å². The Labute approximate surface area is 128 Å². The van der Waals surface area contributed by atoms with Crippen LogP contribution in [0.4, 0.5) is 5.82 Å². The summed E-state index contributed by atoms with van der Waals surface area (Å²) in [6.07, 6.45) is 1.48. The maximum Gasteiger partial charge on any atom is 0.341 e. The summed E-state index contributed by atoms with van der Waals surface area (Å²) in [7, 11) is 0. The molecule has 22 heavy (non-hydrogen) atoms. The van der Waals surface area contributed by atoms with Crippen molar-refractivity contribution < 1.29 is 19.1 Å². The van der Waals surface area contributed by atoms with Crippen LogP contribution in [-0.2, 0) is 9.53 Å². The Balaban J connectivity index is 1.98. The average molecular weight is 300 g/mol. The van der Waals surface area contributed by atoms with E-state index in [0.717, 1.165) is 0 Å². The summed E-state index contributed by atoms with van der Waals surface area (Å²) >= 11 is 0. The molecule has 1 N–H and O–H groups in total. The maximum absolute atomic E-state index is 11.9. The molecule has 6 nitrogen and oxygen atoms in total. The zero-order chi connectivity index (χ0) is 15.8. The largest absolute Gasteiger partial charge is 0.484 e. The maximum atomic E-state index is 11.9. The average Bonchev–Trinajstić information content (AvgIpc) is 2.54. The van der Waals surface area contributed by atoms with Gasteiger partial charge in [-0.3, -0.25) is 4.79 Å². The van der Waals surface area contributed by atoms with Crippen LogP contribution in [0.2, 0.25) is 0 Å². The molecule has 6 heteroatoms. The Kier molecular flexibility index (Phi) is 5.48. The Hall–Kier alpha value is -2.89. The molecule has 2 aromatic rings. The zero-order valence-electron chi connectivity index (χ0n) is 12.1. The van der Waals surface area contributed by atoms with E-state index in [9.17, 15) is 9.59 Å². The first kappa shape index (κ1) is 15.5. The summed E-state index contributed by atoms with van der Waals surface area (Å²) in [4.78, 5) is 27.7. The van der Waals surface area contributed by atoms with Gasteiger partial charge in [0, 0.05) is 6.20 Å². The molecule has 114 valence electrons. The highest BCUT2D eigenvalue weighted by Gasteiger charge is 2.15. The van der Waals surface area contributed by atoms with Gasteiger partial charge in [-0.1, -0.05) is 18.2 Å². The first-order chi connectivity index (χ1) is 10.7. The van der Waals surface area contributed by atoms with Gasteiger partial charge < -0.3 is 14.8 Å². The molecule has 0 saturated carbocycles. The summed E-state index contributed by atoms with van der Waals surface area (Å²) in [6, 6.07) is 12.1. The van der Waals surface area contributed by atoms with Crippen LogP contribution in [0.5, 0.6) is 5.75 Å². The van der Waals surface area contributed by atoms with E-state index >= 15 is 0 Å². The molecule has 0 radical (unpaired) electrons. The lowest BCUT2D eigenvalue weighted by molar-refractivity contribution is -0.118. The number of ether oxygens (including phenoxy) is 2. The molecule has 1 heterocycles. The van der Waals surface area contributed by atoms with Gasteiger partial charge in [0.15, 0.2) is 6.61 Å². The smallest absolute Gasteiger partial charge is 0.341 e. The second-order valence-corrected chi connectivity index (χ2v) is 4.27. The number of carbonyl (C=O) groups excluding carboxylic acids is 2. The number of hydrogen-bond donors (Lipinski definition) is 1.